The van der Waals surface area contributed by atoms with E-state index in [0.717, 1.165) is 22.5 Å². The fraction of sp³-hybridized carbons (Fsp3) is 0.222. The number of para-hydroxylation sites is 1. The van der Waals surface area contributed by atoms with Crippen molar-refractivity contribution in [2.24, 2.45) is 0 Å². The molecule has 0 aliphatic rings. The maximum atomic E-state index is 12.4. The highest BCUT2D eigenvalue weighted by molar-refractivity contribution is 8.00. The highest BCUT2D eigenvalue weighted by Crippen LogP contribution is 2.26. The van der Waals surface area contributed by atoms with E-state index in [1.165, 1.54) is 29.0 Å². The maximum Gasteiger partial charge on any atom is 0.233 e. The first kappa shape index (κ1) is 16.6. The second-order valence-corrected chi connectivity index (χ2v) is 7.27. The summed E-state index contributed by atoms with van der Waals surface area (Å²) in [4.78, 5) is 31.1. The molecular weight excluding hydrogens is 348 g/mol. The number of carbonyl (C=O) groups excluding carboxylic acids is 1. The number of amides is 1. The van der Waals surface area contributed by atoms with Crippen molar-refractivity contribution in [3.63, 3.8) is 0 Å². The number of imidazole rings is 1. The minimum Gasteiger partial charge on any atom is -0.361 e. The summed E-state index contributed by atoms with van der Waals surface area (Å²) in [5, 5.41) is 4.67. The molecule has 0 radical (unpaired) electrons. The molecule has 4 aromatic rings. The van der Waals surface area contributed by atoms with Gasteiger partial charge in [-0.2, -0.15) is 0 Å². The van der Waals surface area contributed by atoms with Crippen molar-refractivity contribution in [1.29, 1.82) is 0 Å². The maximum absolute atomic E-state index is 12.4. The van der Waals surface area contributed by atoms with Gasteiger partial charge in [0.05, 0.1) is 11.6 Å². The monoisotopic (exact) mass is 366 g/mol. The number of fused-ring (bicyclic) bond motifs is 2. The number of hydrogen-bond acceptors (Lipinski definition) is 5. The predicted molar refractivity (Wildman–Crippen MR) is 102 cm³/mol. The highest BCUT2D eigenvalue weighted by atomic mass is 32.2. The second kappa shape index (κ2) is 7.17. The van der Waals surface area contributed by atoms with E-state index in [2.05, 4.69) is 36.3 Å². The van der Waals surface area contributed by atoms with Crippen molar-refractivity contribution in [1.82, 2.24) is 30.2 Å². The van der Waals surface area contributed by atoms with Crippen LogP contribution >= 0.6 is 11.8 Å². The molecule has 0 saturated carbocycles. The van der Waals surface area contributed by atoms with Crippen molar-refractivity contribution < 1.29 is 4.79 Å². The van der Waals surface area contributed by atoms with Crippen LogP contribution in [-0.4, -0.2) is 42.6 Å². The van der Waals surface area contributed by atoms with Gasteiger partial charge in [0.25, 0.3) is 0 Å². The molecule has 26 heavy (non-hydrogen) atoms. The number of rotatable bonds is 6. The zero-order valence-electron chi connectivity index (χ0n) is 14.2. The minimum absolute atomic E-state index is 0.0129. The third-order valence-electron chi connectivity index (χ3n) is 4.21. The summed E-state index contributed by atoms with van der Waals surface area (Å²) >= 11 is 1.40. The number of nitrogens with one attached hydrogen (secondary N) is 3. The molecule has 1 aromatic carbocycles. The summed E-state index contributed by atoms with van der Waals surface area (Å²) < 4.78 is 0. The van der Waals surface area contributed by atoms with E-state index in [1.807, 2.05) is 31.3 Å². The Balaban J connectivity index is 1.35. The predicted octanol–water partition coefficient (Wildman–Crippen LogP) is 2.67. The SMILES string of the molecule is C[C@H](Sc1ncnc2nc[nH]c12)C(=O)NCCc1c[nH]c2ccccc12. The van der Waals surface area contributed by atoms with Gasteiger partial charge in [0.1, 0.15) is 16.9 Å². The van der Waals surface area contributed by atoms with Gasteiger partial charge in [-0.05, 0) is 25.0 Å². The van der Waals surface area contributed by atoms with Gasteiger partial charge in [-0.3, -0.25) is 4.79 Å². The van der Waals surface area contributed by atoms with Crippen LogP contribution in [0.15, 0.2) is 48.1 Å². The number of thioether (sulfide) groups is 1. The average molecular weight is 366 g/mol. The Morgan fingerprint density at radius 1 is 1.23 bits per heavy atom. The third-order valence-corrected chi connectivity index (χ3v) is 5.31. The van der Waals surface area contributed by atoms with Gasteiger partial charge in [-0.1, -0.05) is 30.0 Å². The van der Waals surface area contributed by atoms with Crippen molar-refractivity contribution in [3.05, 3.63) is 48.7 Å². The number of aromatic amines is 2. The van der Waals surface area contributed by atoms with Crippen LogP contribution in [0.2, 0.25) is 0 Å². The first-order chi connectivity index (χ1) is 12.7. The lowest BCUT2D eigenvalue weighted by Gasteiger charge is -2.11. The molecule has 4 rings (SSSR count). The van der Waals surface area contributed by atoms with E-state index in [0.29, 0.717) is 12.2 Å². The van der Waals surface area contributed by atoms with E-state index < -0.39 is 0 Å². The van der Waals surface area contributed by atoms with E-state index in [1.54, 1.807) is 6.33 Å². The largest absolute Gasteiger partial charge is 0.361 e. The van der Waals surface area contributed by atoms with Gasteiger partial charge in [-0.15, -0.1) is 0 Å². The Kier molecular flexibility index (Phi) is 4.57. The second-order valence-electron chi connectivity index (χ2n) is 5.94. The number of aromatic nitrogens is 5. The van der Waals surface area contributed by atoms with Crippen LogP contribution < -0.4 is 5.32 Å². The summed E-state index contributed by atoms with van der Waals surface area (Å²) in [5.74, 6) is -0.0129. The average Bonchev–Trinajstić information content (AvgIpc) is 3.29. The van der Waals surface area contributed by atoms with Crippen LogP contribution in [0, 0.1) is 0 Å². The minimum atomic E-state index is -0.264. The molecule has 0 bridgehead atoms. The zero-order chi connectivity index (χ0) is 17.9. The number of carbonyl (C=O) groups is 1. The van der Waals surface area contributed by atoms with Crippen LogP contribution in [0.25, 0.3) is 22.1 Å². The highest BCUT2D eigenvalue weighted by Gasteiger charge is 2.17. The van der Waals surface area contributed by atoms with Gasteiger partial charge in [0, 0.05) is 23.6 Å². The quantitative estimate of drug-likeness (QED) is 0.360. The summed E-state index contributed by atoms with van der Waals surface area (Å²) in [7, 11) is 0. The fourth-order valence-electron chi connectivity index (χ4n) is 2.86. The van der Waals surface area contributed by atoms with Crippen LogP contribution in [0.5, 0.6) is 0 Å². The first-order valence-corrected chi connectivity index (χ1v) is 9.24. The molecule has 0 saturated heterocycles. The van der Waals surface area contributed by atoms with E-state index in [9.17, 15) is 4.79 Å². The summed E-state index contributed by atoms with van der Waals surface area (Å²) in [6, 6.07) is 8.17. The molecule has 0 unspecified atom stereocenters. The summed E-state index contributed by atoms with van der Waals surface area (Å²) in [6.07, 6.45) is 5.83. The molecule has 0 fully saturated rings. The zero-order valence-corrected chi connectivity index (χ0v) is 15.0. The molecule has 1 amide bonds. The topological polar surface area (TPSA) is 99.3 Å². The van der Waals surface area contributed by atoms with Crippen molar-refractivity contribution in [3.8, 4) is 0 Å². The molecule has 132 valence electrons. The van der Waals surface area contributed by atoms with E-state index in [4.69, 9.17) is 0 Å². The van der Waals surface area contributed by atoms with Gasteiger partial charge in [-0.25, -0.2) is 15.0 Å². The van der Waals surface area contributed by atoms with E-state index >= 15 is 0 Å². The van der Waals surface area contributed by atoms with Gasteiger partial charge in [0.15, 0.2) is 5.65 Å². The van der Waals surface area contributed by atoms with E-state index in [-0.39, 0.29) is 11.2 Å². The lowest BCUT2D eigenvalue weighted by atomic mass is 10.1. The van der Waals surface area contributed by atoms with Crippen molar-refractivity contribution >= 4 is 39.7 Å². The smallest absolute Gasteiger partial charge is 0.233 e. The summed E-state index contributed by atoms with van der Waals surface area (Å²) in [6.45, 7) is 2.46. The molecule has 0 aliphatic heterocycles. The Morgan fingerprint density at radius 3 is 3.04 bits per heavy atom. The number of hydrogen-bond donors (Lipinski definition) is 3. The molecule has 8 heteroatoms. The molecule has 0 spiro atoms. The Morgan fingerprint density at radius 2 is 2.12 bits per heavy atom. The van der Waals surface area contributed by atoms with Gasteiger partial charge in [0.2, 0.25) is 5.91 Å². The summed E-state index contributed by atoms with van der Waals surface area (Å²) in [5.41, 5.74) is 3.69. The molecular formula is C18H18N6OS. The lowest BCUT2D eigenvalue weighted by Crippen LogP contribution is -2.32. The Bertz CT molecular complexity index is 1060. The number of nitrogens with zero attached hydrogens (tertiary/aromatic N) is 3. The molecule has 3 N–H and O–H groups in total. The molecule has 3 aromatic heterocycles. The molecule has 0 aliphatic carbocycles. The van der Waals surface area contributed by atoms with Gasteiger partial charge >= 0.3 is 0 Å². The van der Waals surface area contributed by atoms with Crippen LogP contribution in [0.1, 0.15) is 12.5 Å². The van der Waals surface area contributed by atoms with Crippen molar-refractivity contribution in [2.45, 2.75) is 23.6 Å². The van der Waals surface area contributed by atoms with Crippen LogP contribution in [0.3, 0.4) is 0 Å². The lowest BCUT2D eigenvalue weighted by molar-refractivity contribution is -0.120. The molecule has 7 nitrogen and oxygen atoms in total. The molecule has 1 atom stereocenters. The fourth-order valence-corrected chi connectivity index (χ4v) is 3.76. The number of H-pyrrole nitrogens is 2. The Labute approximate surface area is 154 Å². The standard InChI is InChI=1S/C18H18N6OS/c1-11(26-18-15-16(22-9-21-15)23-10-24-18)17(25)19-7-6-12-8-20-14-5-3-2-4-13(12)14/h2-5,8-11,20H,6-7H2,1H3,(H,19,25)(H,21,22,23,24)/t11-/m0/s1. The van der Waals surface area contributed by atoms with Gasteiger partial charge < -0.3 is 15.3 Å². The third kappa shape index (κ3) is 3.28. The normalized spacial score (nSPS) is 12.5. The Hall–Kier alpha value is -2.87. The number of benzene rings is 1. The van der Waals surface area contributed by atoms with Crippen LogP contribution in [-0.2, 0) is 11.2 Å². The van der Waals surface area contributed by atoms with Crippen molar-refractivity contribution in [2.75, 3.05) is 6.54 Å². The first-order valence-electron chi connectivity index (χ1n) is 8.36. The molecule has 3 heterocycles. The van der Waals surface area contributed by atoms with Crippen LogP contribution in [0.4, 0.5) is 0 Å².